The van der Waals surface area contributed by atoms with Crippen LogP contribution < -0.4 is 5.90 Å². The molecule has 0 radical (unpaired) electrons. The molecule has 0 saturated carbocycles. The molecule has 0 aromatic rings. The second-order valence-electron chi connectivity index (χ2n) is 1.76. The summed E-state index contributed by atoms with van der Waals surface area (Å²) in [5.74, 6) is 4.13. The molecule has 0 amide bonds. The second kappa shape index (κ2) is 4.29. The smallest absolute Gasteiger partial charge is 0.310 e. The van der Waals surface area contributed by atoms with E-state index in [4.69, 9.17) is 5.90 Å². The third-order valence-corrected chi connectivity index (χ3v) is 0.950. The van der Waals surface area contributed by atoms with Gasteiger partial charge in [0, 0.05) is 0 Å². The summed E-state index contributed by atoms with van der Waals surface area (Å²) in [4.78, 5) is 14.8. The van der Waals surface area contributed by atoms with E-state index in [1.54, 1.807) is 6.92 Å². The topological polar surface area (TPSA) is 61.5 Å². The van der Waals surface area contributed by atoms with Crippen LogP contribution in [0.25, 0.3) is 0 Å². The molecule has 54 valence electrons. The molecule has 9 heavy (non-hydrogen) atoms. The Balaban J connectivity index is 3.45. The number of ether oxygens (including phenoxy) is 1. The van der Waals surface area contributed by atoms with Gasteiger partial charge in [0.15, 0.2) is 0 Å². The Labute approximate surface area is 53.9 Å². The fourth-order valence-corrected chi connectivity index (χ4v) is 0.414. The molecule has 4 heteroatoms. The zero-order valence-corrected chi connectivity index (χ0v) is 5.59. The number of esters is 1. The molecule has 0 aliphatic rings. The van der Waals surface area contributed by atoms with Crippen LogP contribution in [0.5, 0.6) is 0 Å². The standard InChI is InChI=1S/C5H11NO3/c1-4(3-9-6)5(7)8-2/h4H,3,6H2,1-2H3. The zero-order chi connectivity index (χ0) is 7.28. The van der Waals surface area contributed by atoms with Gasteiger partial charge in [-0.05, 0) is 6.92 Å². The summed E-state index contributed by atoms with van der Waals surface area (Å²) in [6.07, 6.45) is 0. The Morgan fingerprint density at radius 1 is 1.78 bits per heavy atom. The monoisotopic (exact) mass is 133 g/mol. The van der Waals surface area contributed by atoms with Crippen LogP contribution in [-0.4, -0.2) is 19.7 Å². The van der Waals surface area contributed by atoms with Crippen LogP contribution in [0.4, 0.5) is 0 Å². The number of carbonyl (C=O) groups excluding carboxylic acids is 1. The van der Waals surface area contributed by atoms with Gasteiger partial charge in [-0.2, -0.15) is 0 Å². The number of nitrogens with two attached hydrogens (primary N) is 1. The van der Waals surface area contributed by atoms with Gasteiger partial charge < -0.3 is 9.57 Å². The summed E-state index contributed by atoms with van der Waals surface area (Å²) in [6.45, 7) is 1.88. The first-order chi connectivity index (χ1) is 4.22. The maximum absolute atomic E-state index is 10.5. The van der Waals surface area contributed by atoms with Crippen LogP contribution in [0.2, 0.25) is 0 Å². The number of rotatable bonds is 3. The van der Waals surface area contributed by atoms with E-state index >= 15 is 0 Å². The van der Waals surface area contributed by atoms with Crippen LogP contribution in [0.15, 0.2) is 0 Å². The van der Waals surface area contributed by atoms with Gasteiger partial charge in [0.05, 0.1) is 19.6 Å². The van der Waals surface area contributed by atoms with Gasteiger partial charge in [-0.15, -0.1) is 0 Å². The minimum Gasteiger partial charge on any atom is -0.469 e. The van der Waals surface area contributed by atoms with Gasteiger partial charge in [-0.1, -0.05) is 0 Å². The van der Waals surface area contributed by atoms with E-state index in [1.807, 2.05) is 0 Å². The summed E-state index contributed by atoms with van der Waals surface area (Å²) in [5.41, 5.74) is 0. The Hall–Kier alpha value is -0.610. The van der Waals surface area contributed by atoms with Crippen molar-refractivity contribution in [2.24, 2.45) is 11.8 Å². The fraction of sp³-hybridized carbons (Fsp3) is 0.800. The summed E-state index contributed by atoms with van der Waals surface area (Å²) in [5, 5.41) is 0. The molecule has 0 aliphatic carbocycles. The lowest BCUT2D eigenvalue weighted by molar-refractivity contribution is -0.146. The summed E-state index contributed by atoms with van der Waals surface area (Å²) < 4.78 is 4.39. The molecule has 0 rings (SSSR count). The van der Waals surface area contributed by atoms with Gasteiger partial charge in [0.1, 0.15) is 0 Å². The molecule has 0 spiro atoms. The van der Waals surface area contributed by atoms with Crippen molar-refractivity contribution in [2.75, 3.05) is 13.7 Å². The van der Waals surface area contributed by atoms with Crippen LogP contribution in [-0.2, 0) is 14.4 Å². The molecule has 0 saturated heterocycles. The van der Waals surface area contributed by atoms with E-state index in [0.29, 0.717) is 0 Å². The SMILES string of the molecule is COC(=O)C(C)CON. The Bertz CT molecular complexity index is 94.2. The molecule has 0 aromatic carbocycles. The lowest BCUT2D eigenvalue weighted by atomic mass is 10.2. The van der Waals surface area contributed by atoms with Gasteiger partial charge in [-0.25, -0.2) is 5.90 Å². The molecule has 0 aliphatic heterocycles. The minimum atomic E-state index is -0.305. The fourth-order valence-electron chi connectivity index (χ4n) is 0.414. The Kier molecular flexibility index (Phi) is 4.00. The van der Waals surface area contributed by atoms with Crippen LogP contribution in [0.3, 0.4) is 0 Å². The Morgan fingerprint density at radius 3 is 2.67 bits per heavy atom. The van der Waals surface area contributed by atoms with E-state index in [2.05, 4.69) is 9.57 Å². The van der Waals surface area contributed by atoms with Crippen molar-refractivity contribution in [3.63, 3.8) is 0 Å². The van der Waals surface area contributed by atoms with E-state index in [1.165, 1.54) is 7.11 Å². The highest BCUT2D eigenvalue weighted by atomic mass is 16.6. The van der Waals surface area contributed by atoms with Crippen molar-refractivity contribution in [1.29, 1.82) is 0 Å². The number of methoxy groups -OCH3 is 1. The summed E-state index contributed by atoms with van der Waals surface area (Å²) in [6, 6.07) is 0. The second-order valence-corrected chi connectivity index (χ2v) is 1.76. The molecule has 1 atom stereocenters. The zero-order valence-electron chi connectivity index (χ0n) is 5.59. The number of carbonyl (C=O) groups is 1. The average Bonchev–Trinajstić information content (AvgIpc) is 1.87. The van der Waals surface area contributed by atoms with E-state index in [-0.39, 0.29) is 18.5 Å². The summed E-state index contributed by atoms with van der Waals surface area (Å²) in [7, 11) is 1.33. The average molecular weight is 133 g/mol. The normalized spacial score (nSPS) is 12.8. The molecular weight excluding hydrogens is 122 g/mol. The van der Waals surface area contributed by atoms with Gasteiger partial charge in [0.2, 0.25) is 0 Å². The van der Waals surface area contributed by atoms with Crippen molar-refractivity contribution >= 4 is 5.97 Å². The van der Waals surface area contributed by atoms with Crippen molar-refractivity contribution in [2.45, 2.75) is 6.92 Å². The van der Waals surface area contributed by atoms with Gasteiger partial charge in [0.25, 0.3) is 0 Å². The number of hydrogen-bond donors (Lipinski definition) is 1. The van der Waals surface area contributed by atoms with Crippen LogP contribution in [0, 0.1) is 5.92 Å². The predicted molar refractivity (Wildman–Crippen MR) is 31.3 cm³/mol. The lowest BCUT2D eigenvalue weighted by Crippen LogP contribution is -2.20. The third kappa shape index (κ3) is 3.05. The molecular formula is C5H11NO3. The highest BCUT2D eigenvalue weighted by molar-refractivity contribution is 5.71. The molecule has 4 nitrogen and oxygen atoms in total. The first kappa shape index (κ1) is 8.39. The first-order valence-electron chi connectivity index (χ1n) is 2.62. The van der Waals surface area contributed by atoms with E-state index in [9.17, 15) is 4.79 Å². The lowest BCUT2D eigenvalue weighted by Gasteiger charge is -2.05. The predicted octanol–water partition coefficient (Wildman–Crippen LogP) is -0.314. The van der Waals surface area contributed by atoms with Crippen molar-refractivity contribution in [3.8, 4) is 0 Å². The molecule has 0 aromatic heterocycles. The van der Waals surface area contributed by atoms with Gasteiger partial charge >= 0.3 is 5.97 Å². The minimum absolute atomic E-state index is 0.201. The quantitative estimate of drug-likeness (QED) is 0.423. The highest BCUT2D eigenvalue weighted by Crippen LogP contribution is 1.95. The maximum Gasteiger partial charge on any atom is 0.310 e. The molecule has 2 N–H and O–H groups in total. The largest absolute Gasteiger partial charge is 0.469 e. The number of hydrogen-bond acceptors (Lipinski definition) is 4. The molecule has 0 bridgehead atoms. The van der Waals surface area contributed by atoms with Crippen LogP contribution in [0.1, 0.15) is 6.92 Å². The van der Waals surface area contributed by atoms with Crippen molar-refractivity contribution < 1.29 is 14.4 Å². The van der Waals surface area contributed by atoms with Crippen LogP contribution >= 0.6 is 0 Å². The van der Waals surface area contributed by atoms with Crippen molar-refractivity contribution in [1.82, 2.24) is 0 Å². The van der Waals surface area contributed by atoms with E-state index < -0.39 is 0 Å². The third-order valence-electron chi connectivity index (χ3n) is 0.950. The molecule has 0 heterocycles. The highest BCUT2D eigenvalue weighted by Gasteiger charge is 2.11. The van der Waals surface area contributed by atoms with E-state index in [0.717, 1.165) is 0 Å². The maximum atomic E-state index is 10.5. The van der Waals surface area contributed by atoms with Crippen molar-refractivity contribution in [3.05, 3.63) is 0 Å². The summed E-state index contributed by atoms with van der Waals surface area (Å²) >= 11 is 0. The molecule has 1 unspecified atom stereocenters. The molecule has 0 fully saturated rings. The Morgan fingerprint density at radius 2 is 2.33 bits per heavy atom. The van der Waals surface area contributed by atoms with Gasteiger partial charge in [-0.3, -0.25) is 4.79 Å². The first-order valence-corrected chi connectivity index (χ1v) is 2.62.